The minimum atomic E-state index is -0.130. The summed E-state index contributed by atoms with van der Waals surface area (Å²) in [5.74, 6) is 5.48. The van der Waals surface area contributed by atoms with E-state index in [-0.39, 0.29) is 6.04 Å². The van der Waals surface area contributed by atoms with Gasteiger partial charge in [0.1, 0.15) is 5.69 Å². The number of thiophene rings is 1. The number of H-pyrrole nitrogens is 1. The number of aromatic amines is 1. The zero-order chi connectivity index (χ0) is 9.97. The Kier molecular flexibility index (Phi) is 2.92. The molecular formula is C7H8BrN5S. The van der Waals surface area contributed by atoms with Gasteiger partial charge in [-0.15, -0.1) is 0 Å². The van der Waals surface area contributed by atoms with Gasteiger partial charge in [0.05, 0.1) is 12.2 Å². The fourth-order valence-corrected chi connectivity index (χ4v) is 2.73. The predicted octanol–water partition coefficient (Wildman–Crippen LogP) is 1.18. The normalized spacial score (nSPS) is 13.0. The summed E-state index contributed by atoms with van der Waals surface area (Å²) >= 11 is 5.06. The Morgan fingerprint density at radius 2 is 2.43 bits per heavy atom. The van der Waals surface area contributed by atoms with E-state index < -0.39 is 0 Å². The van der Waals surface area contributed by atoms with Gasteiger partial charge in [0, 0.05) is 15.4 Å². The number of nitrogens with zero attached hydrogens (tertiary/aromatic N) is 2. The molecule has 2 aromatic heterocycles. The number of nitrogens with two attached hydrogens (primary N) is 1. The molecule has 74 valence electrons. The van der Waals surface area contributed by atoms with Crippen LogP contribution in [0.1, 0.15) is 17.3 Å². The van der Waals surface area contributed by atoms with E-state index in [1.165, 1.54) is 0 Å². The molecule has 0 aliphatic rings. The van der Waals surface area contributed by atoms with E-state index in [9.17, 15) is 0 Å². The van der Waals surface area contributed by atoms with Gasteiger partial charge in [-0.2, -0.15) is 26.7 Å². The van der Waals surface area contributed by atoms with Crippen molar-refractivity contribution in [3.05, 3.63) is 32.7 Å². The quantitative estimate of drug-likeness (QED) is 0.580. The summed E-state index contributed by atoms with van der Waals surface area (Å²) in [4.78, 5) is 0. The zero-order valence-corrected chi connectivity index (χ0v) is 9.47. The van der Waals surface area contributed by atoms with Crippen molar-refractivity contribution in [3.8, 4) is 0 Å². The molecule has 0 aliphatic carbocycles. The van der Waals surface area contributed by atoms with Crippen LogP contribution in [0.25, 0.3) is 0 Å². The first-order chi connectivity index (χ1) is 6.83. The fourth-order valence-electron chi connectivity index (χ4n) is 1.18. The Labute approximate surface area is 92.8 Å². The summed E-state index contributed by atoms with van der Waals surface area (Å²) in [6.07, 6.45) is 1.65. The van der Waals surface area contributed by atoms with Crippen LogP contribution in [0.3, 0.4) is 0 Å². The summed E-state index contributed by atoms with van der Waals surface area (Å²) in [6, 6.07) is -0.130. The second-order valence-corrected chi connectivity index (χ2v) is 4.27. The topological polar surface area (TPSA) is 79.6 Å². The first-order valence-electron chi connectivity index (χ1n) is 3.86. The molecule has 0 aromatic carbocycles. The number of halogens is 1. The minimum absolute atomic E-state index is 0.130. The monoisotopic (exact) mass is 273 g/mol. The lowest BCUT2D eigenvalue weighted by atomic mass is 10.1. The van der Waals surface area contributed by atoms with Crippen LogP contribution in [-0.2, 0) is 0 Å². The second kappa shape index (κ2) is 4.18. The lowest BCUT2D eigenvalue weighted by Gasteiger charge is -2.11. The number of aromatic nitrogens is 3. The van der Waals surface area contributed by atoms with Gasteiger partial charge in [-0.1, -0.05) is 0 Å². The molecule has 5 nitrogen and oxygen atoms in total. The average molecular weight is 274 g/mol. The molecular weight excluding hydrogens is 266 g/mol. The van der Waals surface area contributed by atoms with Crippen molar-refractivity contribution >= 4 is 27.3 Å². The van der Waals surface area contributed by atoms with E-state index >= 15 is 0 Å². The summed E-state index contributed by atoms with van der Waals surface area (Å²) < 4.78 is 1.02. The number of nitrogens with one attached hydrogen (secondary N) is 2. The van der Waals surface area contributed by atoms with Gasteiger partial charge in [-0.05, 0) is 21.3 Å². The molecule has 0 aliphatic heterocycles. The van der Waals surface area contributed by atoms with Crippen LogP contribution < -0.4 is 11.3 Å². The SMILES string of the molecule is NNC(c1cn[nH]n1)c1cscc1Br. The molecule has 0 spiro atoms. The molecule has 0 bridgehead atoms. The molecule has 2 heterocycles. The van der Waals surface area contributed by atoms with Crippen molar-refractivity contribution in [2.45, 2.75) is 6.04 Å². The predicted molar refractivity (Wildman–Crippen MR) is 57.6 cm³/mol. The highest BCUT2D eigenvalue weighted by molar-refractivity contribution is 9.10. The van der Waals surface area contributed by atoms with Crippen molar-refractivity contribution < 1.29 is 0 Å². The molecule has 0 saturated heterocycles. The molecule has 2 rings (SSSR count). The Morgan fingerprint density at radius 1 is 1.57 bits per heavy atom. The van der Waals surface area contributed by atoms with Crippen molar-refractivity contribution in [2.75, 3.05) is 0 Å². The van der Waals surface area contributed by atoms with Crippen LogP contribution in [0.15, 0.2) is 21.4 Å². The molecule has 0 saturated carbocycles. The average Bonchev–Trinajstić information content (AvgIpc) is 2.80. The third-order valence-electron chi connectivity index (χ3n) is 1.85. The minimum Gasteiger partial charge on any atom is -0.271 e. The van der Waals surface area contributed by atoms with E-state index in [0.29, 0.717) is 0 Å². The van der Waals surface area contributed by atoms with Crippen LogP contribution in [0.5, 0.6) is 0 Å². The van der Waals surface area contributed by atoms with Crippen LogP contribution >= 0.6 is 27.3 Å². The van der Waals surface area contributed by atoms with E-state index in [2.05, 4.69) is 36.8 Å². The van der Waals surface area contributed by atoms with Crippen LogP contribution in [0.4, 0.5) is 0 Å². The van der Waals surface area contributed by atoms with Gasteiger partial charge >= 0.3 is 0 Å². The second-order valence-electron chi connectivity index (χ2n) is 2.67. The molecule has 0 radical (unpaired) electrons. The third kappa shape index (κ3) is 1.71. The Bertz CT molecular complexity index is 398. The first kappa shape index (κ1) is 9.78. The highest BCUT2D eigenvalue weighted by Crippen LogP contribution is 2.29. The molecule has 7 heteroatoms. The highest BCUT2D eigenvalue weighted by Gasteiger charge is 2.18. The van der Waals surface area contributed by atoms with E-state index in [1.807, 2.05) is 10.8 Å². The zero-order valence-electron chi connectivity index (χ0n) is 7.07. The van der Waals surface area contributed by atoms with E-state index in [1.54, 1.807) is 17.5 Å². The first-order valence-corrected chi connectivity index (χ1v) is 5.60. The number of hydrazine groups is 1. The van der Waals surface area contributed by atoms with Crippen LogP contribution in [0, 0.1) is 0 Å². The Morgan fingerprint density at radius 3 is 2.93 bits per heavy atom. The lowest BCUT2D eigenvalue weighted by Crippen LogP contribution is -2.29. The highest BCUT2D eigenvalue weighted by atomic mass is 79.9. The molecule has 1 unspecified atom stereocenters. The fraction of sp³-hybridized carbons (Fsp3) is 0.143. The molecule has 0 amide bonds. The van der Waals surface area contributed by atoms with E-state index in [0.717, 1.165) is 15.7 Å². The largest absolute Gasteiger partial charge is 0.271 e. The van der Waals surface area contributed by atoms with Gasteiger partial charge in [0.25, 0.3) is 0 Å². The van der Waals surface area contributed by atoms with Crippen molar-refractivity contribution in [2.24, 2.45) is 5.84 Å². The molecule has 1 atom stereocenters. The van der Waals surface area contributed by atoms with Gasteiger partial charge in [0.2, 0.25) is 0 Å². The summed E-state index contributed by atoms with van der Waals surface area (Å²) in [5.41, 5.74) is 4.53. The van der Waals surface area contributed by atoms with Crippen molar-refractivity contribution in [3.63, 3.8) is 0 Å². The van der Waals surface area contributed by atoms with Crippen LogP contribution in [0.2, 0.25) is 0 Å². The van der Waals surface area contributed by atoms with Gasteiger partial charge < -0.3 is 0 Å². The number of hydrogen-bond donors (Lipinski definition) is 3. The maximum absolute atomic E-state index is 5.48. The third-order valence-corrected chi connectivity index (χ3v) is 3.60. The lowest BCUT2D eigenvalue weighted by molar-refractivity contribution is 0.618. The van der Waals surface area contributed by atoms with Gasteiger partial charge in [-0.3, -0.25) is 5.84 Å². The Hall–Kier alpha value is -0.760. The maximum atomic E-state index is 5.48. The van der Waals surface area contributed by atoms with E-state index in [4.69, 9.17) is 5.84 Å². The maximum Gasteiger partial charge on any atom is 0.105 e. The molecule has 14 heavy (non-hydrogen) atoms. The number of rotatable bonds is 3. The Balaban J connectivity index is 2.36. The number of hydrogen-bond acceptors (Lipinski definition) is 5. The standard InChI is InChI=1S/C7H8BrN5S/c8-5-3-14-2-4(5)7(11-9)6-1-10-13-12-6/h1-3,7,11H,9H2,(H,10,12,13). The summed E-state index contributed by atoms with van der Waals surface area (Å²) in [6.45, 7) is 0. The molecule has 4 N–H and O–H groups in total. The smallest absolute Gasteiger partial charge is 0.105 e. The van der Waals surface area contributed by atoms with Crippen LogP contribution in [-0.4, -0.2) is 15.4 Å². The van der Waals surface area contributed by atoms with Gasteiger partial charge in [0.15, 0.2) is 0 Å². The van der Waals surface area contributed by atoms with Crippen molar-refractivity contribution in [1.29, 1.82) is 0 Å². The summed E-state index contributed by atoms with van der Waals surface area (Å²) in [7, 11) is 0. The van der Waals surface area contributed by atoms with Gasteiger partial charge in [-0.25, -0.2) is 5.43 Å². The molecule has 2 aromatic rings. The van der Waals surface area contributed by atoms with Crippen molar-refractivity contribution in [1.82, 2.24) is 20.8 Å². The summed E-state index contributed by atoms with van der Waals surface area (Å²) in [5, 5.41) is 14.3. The molecule has 0 fully saturated rings.